The number of nitrogens with zero attached hydrogens (tertiary/aromatic N) is 2. The molecule has 1 aliphatic rings. The van der Waals surface area contributed by atoms with Crippen molar-refractivity contribution in [3.63, 3.8) is 0 Å². The van der Waals surface area contributed by atoms with E-state index >= 15 is 0 Å². The topological polar surface area (TPSA) is 41.3 Å². The van der Waals surface area contributed by atoms with Gasteiger partial charge in [0.2, 0.25) is 5.89 Å². The van der Waals surface area contributed by atoms with Crippen molar-refractivity contribution in [2.75, 3.05) is 19.6 Å². The molecule has 0 saturated carbocycles. The fourth-order valence-electron chi connectivity index (χ4n) is 2.42. The van der Waals surface area contributed by atoms with Crippen LogP contribution in [0, 0.1) is 0 Å². The molecule has 106 valence electrons. The highest BCUT2D eigenvalue weighted by atomic mass is 79.9. The molecule has 0 amide bonds. The summed E-state index contributed by atoms with van der Waals surface area (Å²) < 4.78 is 6.94. The van der Waals surface area contributed by atoms with Crippen LogP contribution in [0.2, 0.25) is 0 Å². The minimum absolute atomic E-state index is 0.520. The maximum absolute atomic E-state index is 5.87. The predicted molar refractivity (Wildman–Crippen MR) is 82.4 cm³/mol. The van der Waals surface area contributed by atoms with E-state index in [4.69, 9.17) is 4.42 Å². The molecule has 1 atom stereocenters. The number of hydrogen-bond donors (Lipinski definition) is 1. The molecule has 5 heteroatoms. The molecule has 1 saturated heterocycles. The van der Waals surface area contributed by atoms with E-state index in [1.807, 2.05) is 30.5 Å². The highest BCUT2D eigenvalue weighted by Crippen LogP contribution is 2.23. The van der Waals surface area contributed by atoms with Gasteiger partial charge in [0, 0.05) is 35.7 Å². The molecule has 20 heavy (non-hydrogen) atoms. The first kappa shape index (κ1) is 13.8. The van der Waals surface area contributed by atoms with Crippen LogP contribution in [-0.2, 0) is 6.54 Å². The maximum atomic E-state index is 5.87. The van der Waals surface area contributed by atoms with Gasteiger partial charge in [0.1, 0.15) is 0 Å². The van der Waals surface area contributed by atoms with Crippen molar-refractivity contribution >= 4 is 15.9 Å². The predicted octanol–water partition coefficient (Wildman–Crippen LogP) is 2.90. The quantitative estimate of drug-likeness (QED) is 0.936. The van der Waals surface area contributed by atoms with Gasteiger partial charge in [-0.2, -0.15) is 0 Å². The summed E-state index contributed by atoms with van der Waals surface area (Å²) in [7, 11) is 0. The number of piperazine rings is 1. The standard InChI is InChI=1S/C15H18BrN3O/c1-11-8-17-6-7-19(11)10-15-18-9-14(20-15)12-2-4-13(16)5-3-12/h2-5,9,11,17H,6-8,10H2,1H3/t11-/m0/s1. The molecule has 2 heterocycles. The van der Waals surface area contributed by atoms with E-state index in [0.29, 0.717) is 6.04 Å². The van der Waals surface area contributed by atoms with Gasteiger partial charge >= 0.3 is 0 Å². The average molecular weight is 336 g/mol. The van der Waals surface area contributed by atoms with Crippen LogP contribution >= 0.6 is 15.9 Å². The van der Waals surface area contributed by atoms with E-state index in [1.165, 1.54) is 0 Å². The third-order valence-corrected chi connectivity index (χ3v) is 4.19. The lowest BCUT2D eigenvalue weighted by atomic mass is 10.2. The van der Waals surface area contributed by atoms with Gasteiger partial charge in [-0.25, -0.2) is 4.98 Å². The number of benzene rings is 1. The van der Waals surface area contributed by atoms with Crippen molar-refractivity contribution < 1.29 is 4.42 Å². The lowest BCUT2D eigenvalue weighted by Gasteiger charge is -2.32. The van der Waals surface area contributed by atoms with Crippen LogP contribution < -0.4 is 5.32 Å². The van der Waals surface area contributed by atoms with E-state index in [-0.39, 0.29) is 0 Å². The number of aromatic nitrogens is 1. The lowest BCUT2D eigenvalue weighted by Crippen LogP contribution is -2.49. The molecule has 0 spiro atoms. The van der Waals surface area contributed by atoms with Crippen LogP contribution in [0.1, 0.15) is 12.8 Å². The van der Waals surface area contributed by atoms with Crippen LogP contribution in [0.25, 0.3) is 11.3 Å². The van der Waals surface area contributed by atoms with Crippen LogP contribution in [0.3, 0.4) is 0 Å². The zero-order chi connectivity index (χ0) is 13.9. The number of rotatable bonds is 3. The molecule has 2 aromatic rings. The minimum Gasteiger partial charge on any atom is -0.439 e. The van der Waals surface area contributed by atoms with Crippen LogP contribution in [0.4, 0.5) is 0 Å². The van der Waals surface area contributed by atoms with E-state index in [9.17, 15) is 0 Å². The first-order chi connectivity index (χ1) is 9.72. The summed E-state index contributed by atoms with van der Waals surface area (Å²) in [6, 6.07) is 8.60. The Hall–Kier alpha value is -1.17. The van der Waals surface area contributed by atoms with Crippen molar-refractivity contribution in [1.82, 2.24) is 15.2 Å². The second-order valence-electron chi connectivity index (χ2n) is 5.15. The molecule has 1 aliphatic heterocycles. The molecular formula is C15H18BrN3O. The highest BCUT2D eigenvalue weighted by molar-refractivity contribution is 9.10. The normalized spacial score (nSPS) is 20.2. The second-order valence-corrected chi connectivity index (χ2v) is 6.06. The Morgan fingerprint density at radius 2 is 2.20 bits per heavy atom. The lowest BCUT2D eigenvalue weighted by molar-refractivity contribution is 0.151. The summed E-state index contributed by atoms with van der Waals surface area (Å²) in [4.78, 5) is 6.80. The van der Waals surface area contributed by atoms with E-state index in [1.54, 1.807) is 0 Å². The molecule has 0 unspecified atom stereocenters. The first-order valence-electron chi connectivity index (χ1n) is 6.88. The molecule has 1 aromatic heterocycles. The van der Waals surface area contributed by atoms with Crippen LogP contribution in [0.5, 0.6) is 0 Å². The Kier molecular flexibility index (Phi) is 4.19. The van der Waals surface area contributed by atoms with Crippen molar-refractivity contribution in [1.29, 1.82) is 0 Å². The molecule has 0 aliphatic carbocycles. The second kappa shape index (κ2) is 6.08. The van der Waals surface area contributed by atoms with Crippen LogP contribution in [-0.4, -0.2) is 35.6 Å². The summed E-state index contributed by atoms with van der Waals surface area (Å²) in [5.41, 5.74) is 1.06. The SMILES string of the molecule is C[C@H]1CNCCN1Cc1ncc(-c2ccc(Br)cc2)o1. The van der Waals surface area contributed by atoms with Gasteiger partial charge < -0.3 is 9.73 Å². The van der Waals surface area contributed by atoms with Gasteiger partial charge in [-0.05, 0) is 19.1 Å². The van der Waals surface area contributed by atoms with Gasteiger partial charge in [-0.3, -0.25) is 4.90 Å². The first-order valence-corrected chi connectivity index (χ1v) is 7.67. The number of hydrogen-bond acceptors (Lipinski definition) is 4. The molecule has 0 radical (unpaired) electrons. The van der Waals surface area contributed by atoms with Gasteiger partial charge in [-0.1, -0.05) is 28.1 Å². The molecular weight excluding hydrogens is 318 g/mol. The van der Waals surface area contributed by atoms with Crippen molar-refractivity contribution in [2.24, 2.45) is 0 Å². The highest BCUT2D eigenvalue weighted by Gasteiger charge is 2.19. The van der Waals surface area contributed by atoms with Gasteiger partial charge in [0.05, 0.1) is 12.7 Å². The summed E-state index contributed by atoms with van der Waals surface area (Å²) in [6.07, 6.45) is 1.81. The van der Waals surface area contributed by atoms with Crippen molar-refractivity contribution in [3.8, 4) is 11.3 Å². The van der Waals surface area contributed by atoms with Gasteiger partial charge in [-0.15, -0.1) is 0 Å². The average Bonchev–Trinajstić information content (AvgIpc) is 2.91. The molecule has 4 nitrogen and oxygen atoms in total. The van der Waals surface area contributed by atoms with Crippen LogP contribution in [0.15, 0.2) is 39.4 Å². The maximum Gasteiger partial charge on any atom is 0.209 e. The molecule has 1 aromatic carbocycles. The summed E-state index contributed by atoms with van der Waals surface area (Å²) >= 11 is 3.44. The minimum atomic E-state index is 0.520. The number of halogens is 1. The molecule has 3 rings (SSSR count). The van der Waals surface area contributed by atoms with Gasteiger partial charge in [0.15, 0.2) is 5.76 Å². The summed E-state index contributed by atoms with van der Waals surface area (Å²) in [5, 5.41) is 3.39. The Bertz CT molecular complexity index is 567. The number of nitrogens with one attached hydrogen (secondary N) is 1. The third kappa shape index (κ3) is 3.11. The Morgan fingerprint density at radius 3 is 2.95 bits per heavy atom. The summed E-state index contributed by atoms with van der Waals surface area (Å²) in [6.45, 7) is 6.10. The smallest absolute Gasteiger partial charge is 0.209 e. The largest absolute Gasteiger partial charge is 0.439 e. The fourth-order valence-corrected chi connectivity index (χ4v) is 2.69. The van der Waals surface area contributed by atoms with Gasteiger partial charge in [0.25, 0.3) is 0 Å². The Morgan fingerprint density at radius 1 is 1.40 bits per heavy atom. The zero-order valence-corrected chi connectivity index (χ0v) is 13.1. The Balaban J connectivity index is 1.71. The zero-order valence-electron chi connectivity index (χ0n) is 11.5. The molecule has 1 fully saturated rings. The summed E-state index contributed by atoms with van der Waals surface area (Å²) in [5.74, 6) is 1.62. The van der Waals surface area contributed by atoms with E-state index in [2.05, 4.69) is 38.1 Å². The molecule has 0 bridgehead atoms. The van der Waals surface area contributed by atoms with Crippen molar-refractivity contribution in [3.05, 3.63) is 40.8 Å². The number of oxazole rings is 1. The van der Waals surface area contributed by atoms with E-state index in [0.717, 1.165) is 47.9 Å². The van der Waals surface area contributed by atoms with Crippen molar-refractivity contribution in [2.45, 2.75) is 19.5 Å². The monoisotopic (exact) mass is 335 g/mol. The van der Waals surface area contributed by atoms with E-state index < -0.39 is 0 Å². The fraction of sp³-hybridized carbons (Fsp3) is 0.400. The molecule has 1 N–H and O–H groups in total. The third-order valence-electron chi connectivity index (χ3n) is 3.66. The Labute approximate surface area is 127 Å².